The van der Waals surface area contributed by atoms with Crippen molar-refractivity contribution in [2.24, 2.45) is 0 Å². The van der Waals surface area contributed by atoms with Gasteiger partial charge >= 0.3 is 5.91 Å². The number of hydroxylamine groups is 1. The zero-order valence-corrected chi connectivity index (χ0v) is 3.80. The molecule has 1 N–H and O–H groups in total. The van der Waals surface area contributed by atoms with E-state index in [0.717, 1.165) is 0 Å². The van der Waals surface area contributed by atoms with Crippen LogP contribution in [0.4, 0.5) is 0 Å². The lowest BCUT2D eigenvalue weighted by atomic mass is 10.7. The zero-order valence-electron chi connectivity index (χ0n) is 3.80. The Hall–Kier alpha value is -0.900. The van der Waals surface area contributed by atoms with E-state index >= 15 is 0 Å². The molecule has 0 aromatic heterocycles. The van der Waals surface area contributed by atoms with Crippen LogP contribution in [-0.4, -0.2) is 19.3 Å². The van der Waals surface area contributed by atoms with E-state index in [1.807, 2.05) is 0 Å². The van der Waals surface area contributed by atoms with E-state index in [0.29, 0.717) is 0 Å². The number of nitrogens with one attached hydrogen (secondary N) is 1. The molecule has 0 rings (SSSR count). The van der Waals surface area contributed by atoms with Gasteiger partial charge in [-0.25, -0.2) is 5.48 Å². The highest BCUT2D eigenvalue weighted by Crippen LogP contribution is 1.52. The van der Waals surface area contributed by atoms with Crippen LogP contribution in [0.1, 0.15) is 0 Å². The molecule has 0 bridgehead atoms. The van der Waals surface area contributed by atoms with Crippen molar-refractivity contribution < 1.29 is 14.4 Å². The average molecular weight is 103 g/mol. The van der Waals surface area contributed by atoms with Crippen LogP contribution >= 0.6 is 0 Å². The summed E-state index contributed by atoms with van der Waals surface area (Å²) in [5, 5.41) is 0. The van der Waals surface area contributed by atoms with Crippen molar-refractivity contribution in [2.45, 2.75) is 0 Å². The summed E-state index contributed by atoms with van der Waals surface area (Å²) in [6, 6.07) is 0. The monoisotopic (exact) mass is 103 g/mol. The lowest BCUT2D eigenvalue weighted by molar-refractivity contribution is -0.138. The van der Waals surface area contributed by atoms with Crippen molar-refractivity contribution in [1.82, 2.24) is 5.48 Å². The van der Waals surface area contributed by atoms with Crippen molar-refractivity contribution in [2.75, 3.05) is 7.11 Å². The van der Waals surface area contributed by atoms with Crippen LogP contribution in [0, 0.1) is 0 Å². The van der Waals surface area contributed by atoms with E-state index in [2.05, 4.69) is 4.84 Å². The van der Waals surface area contributed by atoms with Gasteiger partial charge in [0.05, 0.1) is 7.11 Å². The molecule has 0 aliphatic heterocycles. The van der Waals surface area contributed by atoms with Gasteiger partial charge in [0, 0.05) is 0 Å². The van der Waals surface area contributed by atoms with Gasteiger partial charge in [0.2, 0.25) is 6.29 Å². The Balaban J connectivity index is 3.17. The van der Waals surface area contributed by atoms with Gasteiger partial charge in [-0.1, -0.05) is 0 Å². The molecular weight excluding hydrogens is 98.0 g/mol. The van der Waals surface area contributed by atoms with Gasteiger partial charge in [-0.3, -0.25) is 14.4 Å². The van der Waals surface area contributed by atoms with Gasteiger partial charge in [-0.2, -0.15) is 0 Å². The molecule has 0 unspecified atom stereocenters. The van der Waals surface area contributed by atoms with Crippen molar-refractivity contribution >= 4 is 12.2 Å². The first-order chi connectivity index (χ1) is 3.31. The molecule has 0 aromatic rings. The first-order valence-electron chi connectivity index (χ1n) is 1.59. The lowest BCUT2D eigenvalue weighted by Gasteiger charge is -1.89. The third kappa shape index (κ3) is 2.92. The molecule has 0 saturated carbocycles. The molecule has 0 saturated heterocycles. The quantitative estimate of drug-likeness (QED) is 0.273. The summed E-state index contributed by atoms with van der Waals surface area (Å²) in [6.07, 6.45) is 0.128. The Kier molecular flexibility index (Phi) is 2.87. The van der Waals surface area contributed by atoms with E-state index in [1.165, 1.54) is 7.11 Å². The van der Waals surface area contributed by atoms with Gasteiger partial charge in [-0.15, -0.1) is 0 Å². The molecule has 0 atom stereocenters. The van der Waals surface area contributed by atoms with Crippen molar-refractivity contribution in [3.8, 4) is 0 Å². The molecule has 1 amide bonds. The summed E-state index contributed by atoms with van der Waals surface area (Å²) in [4.78, 5) is 23.3. The number of carbonyl (C=O) groups is 2. The second-order valence-corrected chi connectivity index (χ2v) is 0.788. The first kappa shape index (κ1) is 6.10. The SMILES string of the molecule is CONC(=O)C=O. The van der Waals surface area contributed by atoms with Crippen molar-refractivity contribution in [1.29, 1.82) is 0 Å². The fraction of sp³-hybridized carbons (Fsp3) is 0.333. The summed E-state index contributed by atoms with van der Waals surface area (Å²) >= 11 is 0. The second-order valence-electron chi connectivity index (χ2n) is 0.788. The number of amides is 1. The fourth-order valence-electron chi connectivity index (χ4n) is 0.125. The van der Waals surface area contributed by atoms with Gasteiger partial charge in [0.15, 0.2) is 0 Å². The Bertz CT molecular complexity index is 80.2. The second kappa shape index (κ2) is 3.30. The van der Waals surface area contributed by atoms with Crippen LogP contribution in [-0.2, 0) is 14.4 Å². The highest BCUT2D eigenvalue weighted by atomic mass is 16.6. The maximum absolute atomic E-state index is 9.81. The minimum absolute atomic E-state index is 0.128. The highest BCUT2D eigenvalue weighted by Gasteiger charge is 1.89. The molecule has 4 nitrogen and oxygen atoms in total. The molecule has 0 fully saturated rings. The number of carbonyl (C=O) groups excluding carboxylic acids is 2. The molecule has 7 heavy (non-hydrogen) atoms. The first-order valence-corrected chi connectivity index (χ1v) is 1.59. The maximum atomic E-state index is 9.81. The number of hydrogen-bond acceptors (Lipinski definition) is 3. The van der Waals surface area contributed by atoms with E-state index in [4.69, 9.17) is 0 Å². The largest absolute Gasteiger partial charge is 0.307 e. The van der Waals surface area contributed by atoms with E-state index in [1.54, 1.807) is 5.48 Å². The topological polar surface area (TPSA) is 55.4 Å². The Morgan fingerprint density at radius 3 is 2.57 bits per heavy atom. The molecule has 0 radical (unpaired) electrons. The van der Waals surface area contributed by atoms with Gasteiger partial charge in [0.25, 0.3) is 0 Å². The smallest absolute Gasteiger partial charge is 0.292 e. The van der Waals surface area contributed by atoms with Gasteiger partial charge < -0.3 is 0 Å². The summed E-state index contributed by atoms with van der Waals surface area (Å²) in [5.74, 6) is -0.775. The average Bonchev–Trinajstić information content (AvgIpc) is 1.68. The summed E-state index contributed by atoms with van der Waals surface area (Å²) in [7, 11) is 1.25. The van der Waals surface area contributed by atoms with E-state index < -0.39 is 5.91 Å². The maximum Gasteiger partial charge on any atom is 0.307 e. The summed E-state index contributed by atoms with van der Waals surface area (Å²) < 4.78 is 0. The van der Waals surface area contributed by atoms with Crippen LogP contribution in [0.2, 0.25) is 0 Å². The standard InChI is InChI=1S/C3H5NO3/c1-7-4-3(6)2-5/h2H,1H3,(H,4,6). The molecule has 0 aliphatic rings. The third-order valence-electron chi connectivity index (χ3n) is 0.310. The Labute approximate surface area is 40.4 Å². The normalized spacial score (nSPS) is 7.57. The van der Waals surface area contributed by atoms with Crippen LogP contribution in [0.5, 0.6) is 0 Å². The molecule has 0 spiro atoms. The van der Waals surface area contributed by atoms with E-state index in [-0.39, 0.29) is 6.29 Å². The molecule has 4 heteroatoms. The lowest BCUT2D eigenvalue weighted by Crippen LogP contribution is -2.22. The zero-order chi connectivity index (χ0) is 5.70. The van der Waals surface area contributed by atoms with Crippen LogP contribution in [0.3, 0.4) is 0 Å². The molecule has 0 heterocycles. The summed E-state index contributed by atoms with van der Waals surface area (Å²) in [6.45, 7) is 0. The highest BCUT2D eigenvalue weighted by molar-refractivity contribution is 6.23. The van der Waals surface area contributed by atoms with Crippen LogP contribution in [0.15, 0.2) is 0 Å². The number of hydrogen-bond donors (Lipinski definition) is 1. The minimum atomic E-state index is -0.775. The van der Waals surface area contributed by atoms with Gasteiger partial charge in [-0.05, 0) is 0 Å². The van der Waals surface area contributed by atoms with Crippen LogP contribution in [0.25, 0.3) is 0 Å². The molecule has 0 aliphatic carbocycles. The fourth-order valence-corrected chi connectivity index (χ4v) is 0.125. The van der Waals surface area contributed by atoms with Crippen molar-refractivity contribution in [3.63, 3.8) is 0 Å². The summed E-state index contributed by atoms with van der Waals surface area (Å²) in [5.41, 5.74) is 1.79. The number of rotatable bonds is 2. The molecule has 40 valence electrons. The predicted molar refractivity (Wildman–Crippen MR) is 21.2 cm³/mol. The van der Waals surface area contributed by atoms with E-state index in [9.17, 15) is 9.59 Å². The Morgan fingerprint density at radius 1 is 1.86 bits per heavy atom. The third-order valence-corrected chi connectivity index (χ3v) is 0.310. The molecule has 0 aromatic carbocycles. The van der Waals surface area contributed by atoms with Crippen molar-refractivity contribution in [3.05, 3.63) is 0 Å². The number of aldehydes is 1. The minimum Gasteiger partial charge on any atom is -0.292 e. The van der Waals surface area contributed by atoms with Crippen LogP contribution < -0.4 is 5.48 Å². The molecular formula is C3H5NO3. The predicted octanol–water partition coefficient (Wildman–Crippen LogP) is -1.14. The Morgan fingerprint density at radius 2 is 2.43 bits per heavy atom. The van der Waals surface area contributed by atoms with Gasteiger partial charge in [0.1, 0.15) is 0 Å².